The van der Waals surface area contributed by atoms with Crippen LogP contribution >= 0.6 is 24.0 Å². The molecule has 0 amide bonds. The number of hydrogen-bond donors (Lipinski definition) is 2. The van der Waals surface area contributed by atoms with E-state index in [1.807, 2.05) is 24.3 Å². The molecule has 1 unspecified atom stereocenters. The smallest absolute Gasteiger partial charge is 0.191 e. The maximum absolute atomic E-state index is 14.1. The van der Waals surface area contributed by atoms with Crippen LogP contribution in [0.15, 0.2) is 47.5 Å². The van der Waals surface area contributed by atoms with E-state index in [0.717, 1.165) is 30.6 Å². The summed E-state index contributed by atoms with van der Waals surface area (Å²) in [7, 11) is 1.70. The monoisotopic (exact) mass is 520 g/mol. The Morgan fingerprint density at radius 2 is 2.03 bits per heavy atom. The van der Waals surface area contributed by atoms with Gasteiger partial charge in [0.05, 0.1) is 17.7 Å². The van der Waals surface area contributed by atoms with Gasteiger partial charge in [0.25, 0.3) is 0 Å². The van der Waals surface area contributed by atoms with Gasteiger partial charge in [-0.1, -0.05) is 18.2 Å². The first-order chi connectivity index (χ1) is 14.1. The van der Waals surface area contributed by atoms with E-state index in [-0.39, 0.29) is 48.0 Å². The van der Waals surface area contributed by atoms with Crippen LogP contribution in [0.4, 0.5) is 4.39 Å². The average molecular weight is 520 g/mol. The van der Waals surface area contributed by atoms with Gasteiger partial charge in [-0.3, -0.25) is 4.99 Å². The zero-order valence-electron chi connectivity index (χ0n) is 17.0. The van der Waals surface area contributed by atoms with Gasteiger partial charge >= 0.3 is 0 Å². The first kappa shape index (κ1) is 22.3. The van der Waals surface area contributed by atoms with Crippen LogP contribution in [-0.4, -0.2) is 18.6 Å². The van der Waals surface area contributed by atoms with Crippen LogP contribution in [0.25, 0.3) is 0 Å². The van der Waals surface area contributed by atoms with Crippen molar-refractivity contribution in [3.05, 3.63) is 65.0 Å². The Morgan fingerprint density at radius 1 is 1.27 bits per heavy atom. The van der Waals surface area contributed by atoms with Crippen molar-refractivity contribution >= 4 is 29.9 Å². The molecule has 158 valence electrons. The Hall–Kier alpha value is -2.34. The summed E-state index contributed by atoms with van der Waals surface area (Å²) in [4.78, 5) is 4.32. The zero-order valence-corrected chi connectivity index (χ0v) is 19.3. The highest BCUT2D eigenvalue weighted by Crippen LogP contribution is 2.46. The molecule has 0 bridgehead atoms. The molecule has 1 aliphatic carbocycles. The molecule has 1 atom stereocenters. The minimum absolute atomic E-state index is 0. The third-order valence-electron chi connectivity index (χ3n) is 5.87. The van der Waals surface area contributed by atoms with Crippen molar-refractivity contribution in [2.45, 2.75) is 50.3 Å². The van der Waals surface area contributed by atoms with E-state index >= 15 is 0 Å². The van der Waals surface area contributed by atoms with E-state index in [2.05, 4.69) is 21.7 Å². The number of nitriles is 1. The molecule has 2 N–H and O–H groups in total. The maximum Gasteiger partial charge on any atom is 0.191 e. The van der Waals surface area contributed by atoms with Gasteiger partial charge in [-0.05, 0) is 49.9 Å². The first-order valence-corrected chi connectivity index (χ1v) is 10.1. The first-order valence-electron chi connectivity index (χ1n) is 10.1. The number of ether oxygens (including phenoxy) is 1. The zero-order chi connectivity index (χ0) is 20.3. The van der Waals surface area contributed by atoms with Crippen LogP contribution in [0.5, 0.6) is 5.75 Å². The summed E-state index contributed by atoms with van der Waals surface area (Å²) >= 11 is 0. The topological polar surface area (TPSA) is 69.4 Å². The van der Waals surface area contributed by atoms with Gasteiger partial charge in [0.1, 0.15) is 17.2 Å². The lowest BCUT2D eigenvalue weighted by Gasteiger charge is -2.40. The number of rotatable bonds is 3. The number of para-hydroxylation sites is 1. The molecule has 2 aromatic carbocycles. The van der Waals surface area contributed by atoms with Crippen molar-refractivity contribution in [3.63, 3.8) is 0 Å². The molecule has 30 heavy (non-hydrogen) atoms. The van der Waals surface area contributed by atoms with Gasteiger partial charge < -0.3 is 15.4 Å². The normalized spacial score (nSPS) is 19.2. The van der Waals surface area contributed by atoms with Crippen molar-refractivity contribution in [3.8, 4) is 11.8 Å². The van der Waals surface area contributed by atoms with Gasteiger partial charge in [-0.2, -0.15) is 5.26 Å². The summed E-state index contributed by atoms with van der Waals surface area (Å²) in [6.45, 7) is 0.247. The molecule has 0 aromatic heterocycles. The molecule has 1 fully saturated rings. The van der Waals surface area contributed by atoms with Gasteiger partial charge in [0, 0.05) is 31.1 Å². The van der Waals surface area contributed by atoms with Crippen molar-refractivity contribution in [1.82, 2.24) is 10.6 Å². The van der Waals surface area contributed by atoms with Gasteiger partial charge in [0.15, 0.2) is 5.96 Å². The lowest BCUT2D eigenvalue weighted by Crippen LogP contribution is -2.46. The van der Waals surface area contributed by atoms with E-state index in [1.165, 1.54) is 25.0 Å². The van der Waals surface area contributed by atoms with Gasteiger partial charge in [-0.15, -0.1) is 24.0 Å². The fourth-order valence-electron chi connectivity index (χ4n) is 4.39. The highest BCUT2D eigenvalue weighted by atomic mass is 127. The molecule has 1 heterocycles. The fraction of sp³-hybridized carbons (Fsp3) is 0.391. The summed E-state index contributed by atoms with van der Waals surface area (Å²) in [5.41, 5.74) is 1.88. The molecule has 1 aliphatic heterocycles. The number of nitrogens with one attached hydrogen (secondary N) is 2. The Morgan fingerprint density at radius 3 is 2.77 bits per heavy atom. The minimum Gasteiger partial charge on any atom is -0.487 e. The number of halogens is 2. The molecule has 7 heteroatoms. The summed E-state index contributed by atoms with van der Waals surface area (Å²) in [6.07, 6.45) is 5.39. The molecule has 1 spiro atoms. The molecular weight excluding hydrogens is 494 g/mol. The Labute approximate surface area is 193 Å². The molecule has 2 aromatic rings. The number of guanidine groups is 1. The van der Waals surface area contributed by atoms with Crippen molar-refractivity contribution in [1.29, 1.82) is 5.26 Å². The number of benzene rings is 2. The molecule has 5 nitrogen and oxygen atoms in total. The molecule has 4 rings (SSSR count). The van der Waals surface area contributed by atoms with Gasteiger partial charge in [-0.25, -0.2) is 4.39 Å². The van der Waals surface area contributed by atoms with E-state index in [1.54, 1.807) is 13.1 Å². The second kappa shape index (κ2) is 9.65. The second-order valence-corrected chi connectivity index (χ2v) is 7.77. The van der Waals surface area contributed by atoms with Crippen LogP contribution in [-0.2, 0) is 6.54 Å². The maximum atomic E-state index is 14.1. The lowest BCUT2D eigenvalue weighted by atomic mass is 9.86. The predicted octanol–water partition coefficient (Wildman–Crippen LogP) is 4.82. The summed E-state index contributed by atoms with van der Waals surface area (Å²) in [5.74, 6) is 1.19. The Kier molecular flexibility index (Phi) is 7.19. The summed E-state index contributed by atoms with van der Waals surface area (Å²) in [5, 5.41) is 15.7. The quantitative estimate of drug-likeness (QED) is 0.346. The highest BCUT2D eigenvalue weighted by Gasteiger charge is 2.43. The number of nitrogens with zero attached hydrogens (tertiary/aromatic N) is 2. The largest absolute Gasteiger partial charge is 0.487 e. The van der Waals surface area contributed by atoms with Gasteiger partial charge in [0.2, 0.25) is 0 Å². The Balaban J connectivity index is 0.00000256. The van der Waals surface area contributed by atoms with Crippen LogP contribution in [0.1, 0.15) is 54.8 Å². The van der Waals surface area contributed by atoms with E-state index in [4.69, 9.17) is 10.00 Å². The minimum atomic E-state index is -0.340. The molecule has 1 saturated carbocycles. The van der Waals surface area contributed by atoms with E-state index in [9.17, 15) is 4.39 Å². The van der Waals surface area contributed by atoms with Crippen LogP contribution in [0, 0.1) is 17.1 Å². The van der Waals surface area contributed by atoms with Crippen molar-refractivity contribution < 1.29 is 9.13 Å². The number of hydrogen-bond acceptors (Lipinski definition) is 3. The fourth-order valence-corrected chi connectivity index (χ4v) is 4.39. The highest BCUT2D eigenvalue weighted by molar-refractivity contribution is 14.0. The van der Waals surface area contributed by atoms with Crippen LogP contribution in [0.2, 0.25) is 0 Å². The van der Waals surface area contributed by atoms with Crippen LogP contribution < -0.4 is 15.4 Å². The molecular formula is C23H26FIN4O. The Bertz CT molecular complexity index is 966. The third kappa shape index (κ3) is 4.69. The number of fused-ring (bicyclic) bond motifs is 1. The predicted molar refractivity (Wildman–Crippen MR) is 125 cm³/mol. The van der Waals surface area contributed by atoms with Crippen LogP contribution in [0.3, 0.4) is 0 Å². The van der Waals surface area contributed by atoms with E-state index in [0.29, 0.717) is 17.1 Å². The van der Waals surface area contributed by atoms with Crippen molar-refractivity contribution in [2.24, 2.45) is 4.99 Å². The van der Waals surface area contributed by atoms with Crippen molar-refractivity contribution in [2.75, 3.05) is 7.05 Å². The summed E-state index contributed by atoms with van der Waals surface area (Å²) < 4.78 is 20.5. The molecule has 2 aliphatic rings. The molecule has 0 radical (unpaired) electrons. The SMILES string of the molecule is CN=C(NCc1cc(C#N)ccc1F)NC1CC2(CCCC2)Oc2ccccc21.I. The number of aliphatic imine (C=N–C) groups is 1. The lowest BCUT2D eigenvalue weighted by molar-refractivity contribution is 0.0396. The third-order valence-corrected chi connectivity index (χ3v) is 5.87. The summed E-state index contributed by atoms with van der Waals surface area (Å²) in [6, 6.07) is 14.6. The molecule has 0 saturated heterocycles. The average Bonchev–Trinajstić information content (AvgIpc) is 3.19. The second-order valence-electron chi connectivity index (χ2n) is 7.77. The van der Waals surface area contributed by atoms with E-state index < -0.39 is 0 Å². The standard InChI is InChI=1S/C23H25FN4O.HI/c1-26-22(27-15-17-12-16(14-25)8-9-19(17)24)28-20-13-23(10-4-5-11-23)29-21-7-3-2-6-18(20)21;/h2-3,6-9,12,20H,4-5,10-11,13,15H2,1H3,(H2,26,27,28);1H.